The summed E-state index contributed by atoms with van der Waals surface area (Å²) in [5.74, 6) is 1.47. The van der Waals surface area contributed by atoms with E-state index in [1.807, 2.05) is 18.2 Å². The average Bonchev–Trinajstić information content (AvgIpc) is 3.11. The van der Waals surface area contributed by atoms with Gasteiger partial charge in [-0.15, -0.1) is 0 Å². The number of aromatic amines is 1. The maximum Gasteiger partial charge on any atom is 0.251 e. The van der Waals surface area contributed by atoms with Crippen molar-refractivity contribution in [1.82, 2.24) is 14.9 Å². The molecule has 6 heteroatoms. The van der Waals surface area contributed by atoms with Crippen LogP contribution in [0.15, 0.2) is 59.4 Å². The Morgan fingerprint density at radius 1 is 1.14 bits per heavy atom. The van der Waals surface area contributed by atoms with Crippen molar-refractivity contribution in [3.8, 4) is 5.75 Å². The maximum absolute atomic E-state index is 13.6. The summed E-state index contributed by atoms with van der Waals surface area (Å²) in [4.78, 5) is 21.7. The first kappa shape index (κ1) is 19.3. The molecule has 150 valence electrons. The van der Waals surface area contributed by atoms with E-state index in [0.717, 1.165) is 30.1 Å². The lowest BCUT2D eigenvalue weighted by Crippen LogP contribution is -2.21. The second-order valence-corrected chi connectivity index (χ2v) is 7.57. The van der Waals surface area contributed by atoms with Crippen LogP contribution in [-0.2, 0) is 6.54 Å². The van der Waals surface area contributed by atoms with Crippen LogP contribution in [0.4, 0.5) is 4.39 Å². The number of rotatable bonds is 5. The molecule has 3 aromatic rings. The molecule has 0 amide bonds. The van der Waals surface area contributed by atoms with Crippen LogP contribution in [0.5, 0.6) is 5.75 Å². The van der Waals surface area contributed by atoms with Crippen molar-refractivity contribution in [3.05, 3.63) is 93.4 Å². The predicted molar refractivity (Wildman–Crippen MR) is 110 cm³/mol. The molecule has 2 atom stereocenters. The number of hydrogen-bond acceptors (Lipinski definition) is 4. The summed E-state index contributed by atoms with van der Waals surface area (Å²) >= 11 is 0. The molecule has 0 aliphatic carbocycles. The molecular weight excluding hydrogens is 369 g/mol. The summed E-state index contributed by atoms with van der Waals surface area (Å²) in [6.45, 7) is 4.01. The van der Waals surface area contributed by atoms with E-state index in [2.05, 4.69) is 27.0 Å². The van der Waals surface area contributed by atoms with Crippen LogP contribution < -0.4 is 10.3 Å². The van der Waals surface area contributed by atoms with Crippen LogP contribution >= 0.6 is 0 Å². The summed E-state index contributed by atoms with van der Waals surface area (Å²) < 4.78 is 18.9. The zero-order valence-electron chi connectivity index (χ0n) is 16.6. The third kappa shape index (κ3) is 4.38. The van der Waals surface area contributed by atoms with E-state index in [0.29, 0.717) is 12.4 Å². The third-order valence-electron chi connectivity index (χ3n) is 5.49. The second-order valence-electron chi connectivity index (χ2n) is 7.57. The van der Waals surface area contributed by atoms with E-state index in [-0.39, 0.29) is 23.2 Å². The van der Waals surface area contributed by atoms with Crippen molar-refractivity contribution in [3.63, 3.8) is 0 Å². The molecule has 0 spiro atoms. The average molecular weight is 393 g/mol. The van der Waals surface area contributed by atoms with Gasteiger partial charge >= 0.3 is 0 Å². The van der Waals surface area contributed by atoms with Gasteiger partial charge in [0.15, 0.2) is 0 Å². The quantitative estimate of drug-likeness (QED) is 0.720. The van der Waals surface area contributed by atoms with Crippen molar-refractivity contribution >= 4 is 0 Å². The van der Waals surface area contributed by atoms with Gasteiger partial charge in [0.1, 0.15) is 17.4 Å². The van der Waals surface area contributed by atoms with Gasteiger partial charge in [-0.25, -0.2) is 9.37 Å². The van der Waals surface area contributed by atoms with E-state index in [1.165, 1.54) is 11.6 Å². The highest BCUT2D eigenvalue weighted by Crippen LogP contribution is 2.39. The van der Waals surface area contributed by atoms with Crippen molar-refractivity contribution in [2.45, 2.75) is 25.3 Å². The Labute approximate surface area is 169 Å². The van der Waals surface area contributed by atoms with Crippen LogP contribution in [0.1, 0.15) is 34.5 Å². The molecule has 1 N–H and O–H groups in total. The molecule has 2 heterocycles. The first-order valence-electron chi connectivity index (χ1n) is 9.70. The van der Waals surface area contributed by atoms with Gasteiger partial charge in [0.05, 0.1) is 12.8 Å². The summed E-state index contributed by atoms with van der Waals surface area (Å²) in [5, 5.41) is 0. The highest BCUT2D eigenvalue weighted by atomic mass is 19.1. The molecule has 5 nitrogen and oxygen atoms in total. The van der Waals surface area contributed by atoms with Crippen molar-refractivity contribution in [2.75, 3.05) is 20.2 Å². The molecule has 1 aliphatic heterocycles. The molecular formula is C23H24FN3O2. The van der Waals surface area contributed by atoms with Gasteiger partial charge in [0.25, 0.3) is 5.56 Å². The summed E-state index contributed by atoms with van der Waals surface area (Å²) in [5.41, 5.74) is 2.78. The van der Waals surface area contributed by atoms with Gasteiger partial charge in [-0.1, -0.05) is 24.3 Å². The van der Waals surface area contributed by atoms with Crippen LogP contribution in [0.25, 0.3) is 0 Å². The zero-order chi connectivity index (χ0) is 20.4. The molecule has 1 saturated heterocycles. The minimum Gasteiger partial charge on any atom is -0.497 e. The third-order valence-corrected chi connectivity index (χ3v) is 5.49. The lowest BCUT2D eigenvalue weighted by molar-refractivity contribution is 0.323. The number of ether oxygens (including phenoxy) is 1. The Morgan fingerprint density at radius 2 is 1.90 bits per heavy atom. The second kappa shape index (κ2) is 8.17. The van der Waals surface area contributed by atoms with E-state index >= 15 is 0 Å². The Bertz CT molecular complexity index is 1050. The topological polar surface area (TPSA) is 58.2 Å². The van der Waals surface area contributed by atoms with E-state index in [1.54, 1.807) is 32.2 Å². The monoisotopic (exact) mass is 393 g/mol. The van der Waals surface area contributed by atoms with E-state index < -0.39 is 0 Å². The van der Waals surface area contributed by atoms with Gasteiger partial charge < -0.3 is 9.72 Å². The van der Waals surface area contributed by atoms with E-state index in [9.17, 15) is 9.18 Å². The molecule has 0 radical (unpaired) electrons. The summed E-state index contributed by atoms with van der Waals surface area (Å²) in [6, 6.07) is 16.4. The Balaban J connectivity index is 1.65. The Kier molecular flexibility index (Phi) is 5.45. The molecule has 2 aromatic carbocycles. The Hall–Kier alpha value is -2.99. The number of methoxy groups -OCH3 is 1. The van der Waals surface area contributed by atoms with Crippen LogP contribution in [-0.4, -0.2) is 35.1 Å². The minimum absolute atomic E-state index is 0.0814. The SMILES string of the molecule is COc1ccc([C@@H]2CN(Cc3cccc(F)c3)C[C@H]2c2cc(=O)[nH]c(C)n2)cc1. The molecule has 1 aliphatic rings. The largest absolute Gasteiger partial charge is 0.497 e. The zero-order valence-corrected chi connectivity index (χ0v) is 16.6. The molecule has 1 aromatic heterocycles. The minimum atomic E-state index is -0.225. The fourth-order valence-corrected chi connectivity index (χ4v) is 4.19. The fraction of sp³-hybridized carbons (Fsp3) is 0.304. The van der Waals surface area contributed by atoms with Gasteiger partial charge in [-0.05, 0) is 42.3 Å². The van der Waals surface area contributed by atoms with Gasteiger partial charge in [-0.2, -0.15) is 0 Å². The number of likely N-dealkylation sites (tertiary alicyclic amines) is 1. The van der Waals surface area contributed by atoms with Crippen LogP contribution in [0.2, 0.25) is 0 Å². The molecule has 0 unspecified atom stereocenters. The predicted octanol–water partition coefficient (Wildman–Crippen LogP) is 3.61. The van der Waals surface area contributed by atoms with Crippen molar-refractivity contribution in [2.24, 2.45) is 0 Å². The highest BCUT2D eigenvalue weighted by molar-refractivity contribution is 5.33. The number of H-pyrrole nitrogens is 1. The Morgan fingerprint density at radius 3 is 2.59 bits per heavy atom. The van der Waals surface area contributed by atoms with Gasteiger partial charge in [0.2, 0.25) is 0 Å². The number of hydrogen-bond donors (Lipinski definition) is 1. The van der Waals surface area contributed by atoms with Crippen LogP contribution in [0.3, 0.4) is 0 Å². The van der Waals surface area contributed by atoms with Crippen molar-refractivity contribution < 1.29 is 9.13 Å². The van der Waals surface area contributed by atoms with Crippen molar-refractivity contribution in [1.29, 1.82) is 0 Å². The lowest BCUT2D eigenvalue weighted by atomic mass is 9.86. The molecule has 0 bridgehead atoms. The maximum atomic E-state index is 13.6. The highest BCUT2D eigenvalue weighted by Gasteiger charge is 2.36. The number of aryl methyl sites for hydroxylation is 1. The van der Waals surface area contributed by atoms with Crippen LogP contribution in [0, 0.1) is 12.7 Å². The van der Waals surface area contributed by atoms with Gasteiger partial charge in [0, 0.05) is 37.5 Å². The lowest BCUT2D eigenvalue weighted by Gasteiger charge is -2.19. The summed E-state index contributed by atoms with van der Waals surface area (Å²) in [7, 11) is 1.65. The van der Waals surface area contributed by atoms with E-state index in [4.69, 9.17) is 4.74 Å². The first-order valence-corrected chi connectivity index (χ1v) is 9.70. The number of benzene rings is 2. The summed E-state index contributed by atoms with van der Waals surface area (Å²) in [6.07, 6.45) is 0. The number of aromatic nitrogens is 2. The molecule has 4 rings (SSSR count). The molecule has 0 saturated carbocycles. The smallest absolute Gasteiger partial charge is 0.251 e. The number of halogens is 1. The standard InChI is InChI=1S/C23H24FN3O2/c1-15-25-22(11-23(28)26-15)21-14-27(12-16-4-3-5-18(24)10-16)13-20(21)17-6-8-19(29-2)9-7-17/h3-11,20-21H,12-14H2,1-2H3,(H,25,26,28)/t20-,21+/m0/s1. The van der Waals surface area contributed by atoms with Gasteiger partial charge in [-0.3, -0.25) is 9.69 Å². The molecule has 29 heavy (non-hydrogen) atoms. The number of nitrogens with zero attached hydrogens (tertiary/aromatic N) is 2. The first-order chi connectivity index (χ1) is 14.0. The fourth-order valence-electron chi connectivity index (χ4n) is 4.19. The number of nitrogens with one attached hydrogen (secondary N) is 1. The molecule has 1 fully saturated rings. The normalized spacial score (nSPS) is 19.4.